The highest BCUT2D eigenvalue weighted by Gasteiger charge is 1.99. The van der Waals surface area contributed by atoms with Gasteiger partial charge in [0.2, 0.25) is 0 Å². The van der Waals surface area contributed by atoms with Crippen LogP contribution in [-0.4, -0.2) is 6.61 Å². The van der Waals surface area contributed by atoms with Gasteiger partial charge in [-0.1, -0.05) is 30.7 Å². The van der Waals surface area contributed by atoms with E-state index in [4.69, 9.17) is 16.3 Å². The molecule has 0 bridgehead atoms. The summed E-state index contributed by atoms with van der Waals surface area (Å²) in [5.41, 5.74) is 1.23. The minimum absolute atomic E-state index is 0.768. The molecule has 0 saturated heterocycles. The van der Waals surface area contributed by atoms with E-state index in [1.54, 1.807) is 11.3 Å². The molecule has 1 N–H and O–H groups in total. The molecule has 0 atom stereocenters. The zero-order chi connectivity index (χ0) is 13.5. The van der Waals surface area contributed by atoms with Gasteiger partial charge in [-0.2, -0.15) is 0 Å². The third kappa shape index (κ3) is 4.86. The van der Waals surface area contributed by atoms with Crippen molar-refractivity contribution in [1.82, 2.24) is 5.32 Å². The van der Waals surface area contributed by atoms with Crippen LogP contribution in [0.25, 0.3) is 0 Å². The number of benzene rings is 1. The van der Waals surface area contributed by atoms with Crippen LogP contribution in [0, 0.1) is 0 Å². The first-order valence-corrected chi connectivity index (χ1v) is 7.64. The summed E-state index contributed by atoms with van der Waals surface area (Å²) in [7, 11) is 0. The molecule has 0 amide bonds. The Morgan fingerprint density at radius 1 is 1.21 bits per heavy atom. The van der Waals surface area contributed by atoms with E-state index in [0.29, 0.717) is 0 Å². The molecule has 1 heterocycles. The van der Waals surface area contributed by atoms with Crippen LogP contribution in [0.3, 0.4) is 0 Å². The van der Waals surface area contributed by atoms with E-state index in [9.17, 15) is 0 Å². The summed E-state index contributed by atoms with van der Waals surface area (Å²) in [5, 5.41) is 3.41. The van der Waals surface area contributed by atoms with Crippen molar-refractivity contribution in [2.24, 2.45) is 0 Å². The Morgan fingerprint density at radius 3 is 2.84 bits per heavy atom. The highest BCUT2D eigenvalue weighted by molar-refractivity contribution is 7.16. The molecule has 2 nitrogen and oxygen atoms in total. The number of thiophene rings is 1. The maximum absolute atomic E-state index is 5.90. The van der Waals surface area contributed by atoms with Crippen molar-refractivity contribution in [1.29, 1.82) is 0 Å². The molecule has 1 aromatic heterocycles. The molecule has 0 aliphatic heterocycles. The summed E-state index contributed by atoms with van der Waals surface area (Å²) in [6.07, 6.45) is 1.03. The number of nitrogens with one attached hydrogen (secondary N) is 1. The SMILES string of the molecule is CCCOc1cccc(CNCc2ccc(Cl)s2)c1. The second-order valence-corrected chi connectivity index (χ2v) is 6.10. The number of ether oxygens (including phenoxy) is 1. The van der Waals surface area contributed by atoms with Gasteiger partial charge in [0.25, 0.3) is 0 Å². The normalized spacial score (nSPS) is 10.6. The standard InChI is InChI=1S/C15H18ClNOS/c1-2-8-18-13-5-3-4-12(9-13)10-17-11-14-6-7-15(16)19-14/h3-7,9,17H,2,8,10-11H2,1H3. The van der Waals surface area contributed by atoms with E-state index in [2.05, 4.69) is 30.4 Å². The molecule has 2 aromatic rings. The summed E-state index contributed by atoms with van der Waals surface area (Å²) in [5.74, 6) is 0.945. The van der Waals surface area contributed by atoms with Gasteiger partial charge in [-0.15, -0.1) is 11.3 Å². The Hall–Kier alpha value is -1.03. The van der Waals surface area contributed by atoms with E-state index < -0.39 is 0 Å². The van der Waals surface area contributed by atoms with Crippen molar-refractivity contribution >= 4 is 22.9 Å². The predicted molar refractivity (Wildman–Crippen MR) is 82.1 cm³/mol. The van der Waals surface area contributed by atoms with E-state index in [1.165, 1.54) is 10.4 Å². The zero-order valence-electron chi connectivity index (χ0n) is 11.0. The lowest BCUT2D eigenvalue weighted by molar-refractivity contribution is 0.317. The fourth-order valence-electron chi connectivity index (χ4n) is 1.74. The quantitative estimate of drug-likeness (QED) is 0.813. The van der Waals surface area contributed by atoms with E-state index in [0.717, 1.165) is 36.2 Å². The van der Waals surface area contributed by atoms with Gasteiger partial charge in [0.15, 0.2) is 0 Å². The summed E-state index contributed by atoms with van der Waals surface area (Å²) in [6.45, 7) is 4.55. The molecular weight excluding hydrogens is 278 g/mol. The van der Waals surface area contributed by atoms with Crippen LogP contribution in [-0.2, 0) is 13.1 Å². The second-order valence-electron chi connectivity index (χ2n) is 4.31. The van der Waals surface area contributed by atoms with Crippen molar-refractivity contribution < 1.29 is 4.74 Å². The third-order valence-corrected chi connectivity index (χ3v) is 3.86. The van der Waals surface area contributed by atoms with Gasteiger partial charge < -0.3 is 10.1 Å². The highest BCUT2D eigenvalue weighted by atomic mass is 35.5. The average molecular weight is 296 g/mol. The van der Waals surface area contributed by atoms with Gasteiger partial charge in [-0.3, -0.25) is 0 Å². The molecule has 4 heteroatoms. The van der Waals surface area contributed by atoms with Crippen LogP contribution < -0.4 is 10.1 Å². The fourth-order valence-corrected chi connectivity index (χ4v) is 2.80. The first kappa shape index (κ1) is 14.4. The molecule has 19 heavy (non-hydrogen) atoms. The number of hydrogen-bond donors (Lipinski definition) is 1. The lowest BCUT2D eigenvalue weighted by Gasteiger charge is -2.07. The summed E-state index contributed by atoms with van der Waals surface area (Å²) in [6, 6.07) is 12.2. The Balaban J connectivity index is 1.82. The second kappa shape index (κ2) is 7.53. The molecule has 0 fully saturated rings. The molecule has 0 aliphatic rings. The molecule has 0 spiro atoms. The smallest absolute Gasteiger partial charge is 0.119 e. The van der Waals surface area contributed by atoms with E-state index in [1.807, 2.05) is 18.2 Å². The van der Waals surface area contributed by atoms with Gasteiger partial charge in [-0.25, -0.2) is 0 Å². The lowest BCUT2D eigenvalue weighted by atomic mass is 10.2. The van der Waals surface area contributed by atoms with Crippen molar-refractivity contribution in [2.45, 2.75) is 26.4 Å². The minimum atomic E-state index is 0.768. The number of halogens is 1. The van der Waals surface area contributed by atoms with Crippen LogP contribution in [0.5, 0.6) is 5.75 Å². The zero-order valence-corrected chi connectivity index (χ0v) is 12.6. The number of rotatable bonds is 7. The van der Waals surface area contributed by atoms with Crippen LogP contribution in [0.4, 0.5) is 0 Å². The molecule has 0 unspecified atom stereocenters. The first-order valence-electron chi connectivity index (χ1n) is 6.44. The minimum Gasteiger partial charge on any atom is -0.494 e. The maximum Gasteiger partial charge on any atom is 0.119 e. The largest absolute Gasteiger partial charge is 0.494 e. The molecule has 0 saturated carbocycles. The third-order valence-electron chi connectivity index (χ3n) is 2.63. The molecule has 0 radical (unpaired) electrons. The first-order chi connectivity index (χ1) is 9.28. The Bertz CT molecular complexity index is 512. The summed E-state index contributed by atoms with van der Waals surface area (Å²) in [4.78, 5) is 1.25. The molecule has 1 aromatic carbocycles. The van der Waals surface area contributed by atoms with E-state index in [-0.39, 0.29) is 0 Å². The molecule has 2 rings (SSSR count). The van der Waals surface area contributed by atoms with Crippen molar-refractivity contribution in [3.8, 4) is 5.75 Å². The van der Waals surface area contributed by atoms with E-state index >= 15 is 0 Å². The van der Waals surface area contributed by atoms with Crippen LogP contribution in [0.1, 0.15) is 23.8 Å². The Kier molecular flexibility index (Phi) is 5.70. The fraction of sp³-hybridized carbons (Fsp3) is 0.333. The molecule has 102 valence electrons. The number of hydrogen-bond acceptors (Lipinski definition) is 3. The van der Waals surface area contributed by atoms with Crippen molar-refractivity contribution in [3.63, 3.8) is 0 Å². The van der Waals surface area contributed by atoms with Crippen LogP contribution in [0.2, 0.25) is 4.34 Å². The van der Waals surface area contributed by atoms with Gasteiger partial charge in [-0.05, 0) is 36.2 Å². The van der Waals surface area contributed by atoms with Gasteiger partial charge in [0.1, 0.15) is 5.75 Å². The summed E-state index contributed by atoms with van der Waals surface area (Å²) >= 11 is 7.52. The topological polar surface area (TPSA) is 21.3 Å². The molecule has 0 aliphatic carbocycles. The molecular formula is C15H18ClNOS. The monoisotopic (exact) mass is 295 g/mol. The van der Waals surface area contributed by atoms with Crippen molar-refractivity contribution in [3.05, 3.63) is 51.2 Å². The van der Waals surface area contributed by atoms with Crippen LogP contribution >= 0.6 is 22.9 Å². The van der Waals surface area contributed by atoms with Crippen LogP contribution in [0.15, 0.2) is 36.4 Å². The summed E-state index contributed by atoms with van der Waals surface area (Å²) < 4.78 is 6.46. The Morgan fingerprint density at radius 2 is 2.11 bits per heavy atom. The van der Waals surface area contributed by atoms with Gasteiger partial charge in [0, 0.05) is 18.0 Å². The Labute approximate surface area is 123 Å². The predicted octanol–water partition coefficient (Wildman–Crippen LogP) is 4.48. The van der Waals surface area contributed by atoms with Gasteiger partial charge in [0.05, 0.1) is 10.9 Å². The van der Waals surface area contributed by atoms with Gasteiger partial charge >= 0.3 is 0 Å². The lowest BCUT2D eigenvalue weighted by Crippen LogP contribution is -2.11. The van der Waals surface area contributed by atoms with Crippen molar-refractivity contribution in [2.75, 3.05) is 6.61 Å². The average Bonchev–Trinajstić information content (AvgIpc) is 2.83. The highest BCUT2D eigenvalue weighted by Crippen LogP contribution is 2.21. The maximum atomic E-state index is 5.90.